The number of carbonyl (C=O) groups is 1. The Morgan fingerprint density at radius 3 is 2.59 bits per heavy atom. The molecular weight excluding hydrogens is 220 g/mol. The van der Waals surface area contributed by atoms with E-state index in [2.05, 4.69) is 4.98 Å². The van der Waals surface area contributed by atoms with Crippen LogP contribution in [0.25, 0.3) is 0 Å². The fourth-order valence-electron chi connectivity index (χ4n) is 1.33. The lowest BCUT2D eigenvalue weighted by atomic mass is 10.3. The minimum Gasteiger partial charge on any atom is -0.476 e. The molecule has 5 heteroatoms. The van der Waals surface area contributed by atoms with Crippen molar-refractivity contribution in [3.8, 4) is 11.5 Å². The summed E-state index contributed by atoms with van der Waals surface area (Å²) < 4.78 is 5.43. The van der Waals surface area contributed by atoms with E-state index in [0.29, 0.717) is 5.75 Å². The number of anilines is 1. The van der Waals surface area contributed by atoms with Gasteiger partial charge in [0.25, 0.3) is 0 Å². The van der Waals surface area contributed by atoms with Crippen LogP contribution in [0.4, 0.5) is 5.69 Å². The van der Waals surface area contributed by atoms with Crippen LogP contribution in [0.5, 0.6) is 11.5 Å². The Hall–Kier alpha value is -2.56. The van der Waals surface area contributed by atoms with Crippen molar-refractivity contribution in [2.75, 3.05) is 5.73 Å². The summed E-state index contributed by atoms with van der Waals surface area (Å²) in [4.78, 5) is 14.7. The van der Waals surface area contributed by atoms with Crippen LogP contribution in [0, 0.1) is 0 Å². The first kappa shape index (κ1) is 10.9. The smallest absolute Gasteiger partial charge is 0.358 e. The Labute approximate surface area is 97.5 Å². The zero-order chi connectivity index (χ0) is 12.3. The lowest BCUT2D eigenvalue weighted by Crippen LogP contribution is -2.05. The number of aromatic nitrogens is 1. The van der Waals surface area contributed by atoms with E-state index in [1.807, 2.05) is 6.07 Å². The Morgan fingerprint density at radius 1 is 1.24 bits per heavy atom. The molecule has 0 fully saturated rings. The highest BCUT2D eigenvalue weighted by Gasteiger charge is 2.16. The predicted octanol–water partition coefficient (Wildman–Crippen LogP) is 2.15. The quantitative estimate of drug-likeness (QED) is 0.843. The molecule has 0 aliphatic rings. The number of nitrogens with two attached hydrogens (primary N) is 1. The summed E-state index contributed by atoms with van der Waals surface area (Å²) in [7, 11) is 0. The van der Waals surface area contributed by atoms with Crippen molar-refractivity contribution in [3.05, 3.63) is 48.3 Å². The van der Waals surface area contributed by atoms with E-state index < -0.39 is 5.97 Å². The maximum atomic E-state index is 11.0. The third kappa shape index (κ3) is 2.34. The molecule has 3 N–H and O–H groups in total. The molecule has 0 atom stereocenters. The van der Waals surface area contributed by atoms with E-state index in [4.69, 9.17) is 15.6 Å². The van der Waals surface area contributed by atoms with Crippen molar-refractivity contribution in [2.24, 2.45) is 0 Å². The van der Waals surface area contributed by atoms with E-state index in [-0.39, 0.29) is 17.1 Å². The number of nitrogens with zero attached hydrogens (tertiary/aromatic N) is 1. The van der Waals surface area contributed by atoms with Crippen LogP contribution in [0.15, 0.2) is 42.6 Å². The second-order valence-corrected chi connectivity index (χ2v) is 3.30. The number of pyridine rings is 1. The highest BCUT2D eigenvalue weighted by atomic mass is 16.5. The minimum atomic E-state index is -1.18. The molecule has 0 aliphatic carbocycles. The molecule has 0 amide bonds. The van der Waals surface area contributed by atoms with Crippen LogP contribution in [0.2, 0.25) is 0 Å². The summed E-state index contributed by atoms with van der Waals surface area (Å²) in [6.07, 6.45) is 1.33. The predicted molar refractivity (Wildman–Crippen MR) is 62.1 cm³/mol. The Kier molecular flexibility index (Phi) is 2.91. The molecule has 2 aromatic rings. The van der Waals surface area contributed by atoms with Gasteiger partial charge in [-0.15, -0.1) is 0 Å². The van der Waals surface area contributed by atoms with Crippen molar-refractivity contribution in [3.63, 3.8) is 0 Å². The first-order chi connectivity index (χ1) is 8.18. The van der Waals surface area contributed by atoms with Crippen molar-refractivity contribution in [2.45, 2.75) is 0 Å². The average Bonchev–Trinajstić information content (AvgIpc) is 2.33. The first-order valence-corrected chi connectivity index (χ1v) is 4.89. The molecule has 0 unspecified atom stereocenters. The molecule has 1 aromatic heterocycles. The van der Waals surface area contributed by atoms with Gasteiger partial charge in [-0.3, -0.25) is 0 Å². The first-order valence-electron chi connectivity index (χ1n) is 4.89. The van der Waals surface area contributed by atoms with Gasteiger partial charge in [-0.1, -0.05) is 18.2 Å². The molecule has 17 heavy (non-hydrogen) atoms. The fourth-order valence-corrected chi connectivity index (χ4v) is 1.33. The number of ether oxygens (including phenoxy) is 1. The third-order valence-corrected chi connectivity index (χ3v) is 2.10. The number of hydrogen-bond acceptors (Lipinski definition) is 4. The van der Waals surface area contributed by atoms with Gasteiger partial charge in [0, 0.05) is 6.20 Å². The monoisotopic (exact) mass is 230 g/mol. The van der Waals surface area contributed by atoms with Crippen molar-refractivity contribution in [1.29, 1.82) is 0 Å². The van der Waals surface area contributed by atoms with Gasteiger partial charge in [0.05, 0.1) is 5.69 Å². The normalized spacial score (nSPS) is 9.88. The summed E-state index contributed by atoms with van der Waals surface area (Å²) in [6, 6.07) is 10.3. The van der Waals surface area contributed by atoms with Crippen molar-refractivity contribution in [1.82, 2.24) is 4.98 Å². The topological polar surface area (TPSA) is 85.4 Å². The second kappa shape index (κ2) is 4.52. The van der Waals surface area contributed by atoms with Crippen molar-refractivity contribution >= 4 is 11.7 Å². The number of benzene rings is 1. The van der Waals surface area contributed by atoms with Gasteiger partial charge >= 0.3 is 5.97 Å². The maximum Gasteiger partial charge on any atom is 0.358 e. The standard InChI is InChI=1S/C12H10N2O3/c13-9-6-7-14-10(12(15)16)11(9)17-8-4-2-1-3-5-8/h1-7H,(H2,13,14)(H,15,16). The summed E-state index contributed by atoms with van der Waals surface area (Å²) >= 11 is 0. The van der Waals surface area contributed by atoms with Gasteiger partial charge in [-0.25, -0.2) is 9.78 Å². The van der Waals surface area contributed by atoms with Gasteiger partial charge in [0.1, 0.15) is 5.75 Å². The SMILES string of the molecule is Nc1ccnc(C(=O)O)c1Oc1ccccc1. The average molecular weight is 230 g/mol. The summed E-state index contributed by atoms with van der Waals surface area (Å²) in [6.45, 7) is 0. The van der Waals surface area contributed by atoms with Gasteiger partial charge in [-0.2, -0.15) is 0 Å². The molecule has 86 valence electrons. The zero-order valence-corrected chi connectivity index (χ0v) is 8.83. The largest absolute Gasteiger partial charge is 0.476 e. The molecule has 2 rings (SSSR count). The number of rotatable bonds is 3. The number of aromatic carboxylic acids is 1. The summed E-state index contributed by atoms with van der Waals surface area (Å²) in [5.74, 6) is -0.607. The van der Waals surface area contributed by atoms with E-state index in [1.165, 1.54) is 12.3 Å². The van der Waals surface area contributed by atoms with Gasteiger partial charge in [0.2, 0.25) is 0 Å². The zero-order valence-electron chi connectivity index (χ0n) is 8.83. The second-order valence-electron chi connectivity index (χ2n) is 3.30. The summed E-state index contributed by atoms with van der Waals surface area (Å²) in [5.41, 5.74) is 5.72. The van der Waals surface area contributed by atoms with Crippen LogP contribution in [0.1, 0.15) is 10.5 Å². The van der Waals surface area contributed by atoms with Gasteiger partial charge in [-0.05, 0) is 18.2 Å². The van der Waals surface area contributed by atoms with Crippen LogP contribution in [-0.2, 0) is 0 Å². The Balaban J connectivity index is 2.41. The molecule has 0 saturated heterocycles. The number of carboxylic acids is 1. The molecule has 1 aromatic carbocycles. The molecule has 0 saturated carbocycles. The molecule has 1 heterocycles. The minimum absolute atomic E-state index is 0.0613. The van der Waals surface area contributed by atoms with Crippen LogP contribution >= 0.6 is 0 Å². The molecular formula is C12H10N2O3. The van der Waals surface area contributed by atoms with Gasteiger partial charge in [0.15, 0.2) is 11.4 Å². The van der Waals surface area contributed by atoms with E-state index in [9.17, 15) is 4.79 Å². The van der Waals surface area contributed by atoms with Crippen LogP contribution in [-0.4, -0.2) is 16.1 Å². The molecule has 0 radical (unpaired) electrons. The lowest BCUT2D eigenvalue weighted by molar-refractivity contribution is 0.0687. The fraction of sp³-hybridized carbons (Fsp3) is 0. The lowest BCUT2D eigenvalue weighted by Gasteiger charge is -2.09. The van der Waals surface area contributed by atoms with Crippen LogP contribution in [0.3, 0.4) is 0 Å². The Bertz CT molecular complexity index is 541. The Morgan fingerprint density at radius 2 is 1.94 bits per heavy atom. The molecule has 0 bridgehead atoms. The number of carboxylic acid groups (broad SMARTS) is 1. The molecule has 0 aliphatic heterocycles. The maximum absolute atomic E-state index is 11.0. The van der Waals surface area contributed by atoms with E-state index in [1.54, 1.807) is 24.3 Å². The molecule has 5 nitrogen and oxygen atoms in total. The number of hydrogen-bond donors (Lipinski definition) is 2. The van der Waals surface area contributed by atoms with Crippen molar-refractivity contribution < 1.29 is 14.6 Å². The van der Waals surface area contributed by atoms with E-state index >= 15 is 0 Å². The highest BCUT2D eigenvalue weighted by Crippen LogP contribution is 2.29. The number of para-hydroxylation sites is 1. The summed E-state index contributed by atoms with van der Waals surface area (Å²) in [5, 5.41) is 8.97. The molecule has 0 spiro atoms. The van der Waals surface area contributed by atoms with Crippen LogP contribution < -0.4 is 10.5 Å². The number of nitrogen functional groups attached to an aromatic ring is 1. The third-order valence-electron chi connectivity index (χ3n) is 2.10. The van der Waals surface area contributed by atoms with Gasteiger partial charge < -0.3 is 15.6 Å². The van der Waals surface area contributed by atoms with E-state index in [0.717, 1.165) is 0 Å². The highest BCUT2D eigenvalue weighted by molar-refractivity contribution is 5.90.